The van der Waals surface area contributed by atoms with E-state index >= 15 is 0 Å². The first-order valence-corrected chi connectivity index (χ1v) is 6.73. The number of nitrogens with two attached hydrogens (primary N) is 1. The highest BCUT2D eigenvalue weighted by Crippen LogP contribution is 2.35. The minimum absolute atomic E-state index is 0.393. The van der Waals surface area contributed by atoms with Crippen LogP contribution >= 0.6 is 15.9 Å². The molecule has 88 valence electrons. The summed E-state index contributed by atoms with van der Waals surface area (Å²) in [6.45, 7) is 3.17. The van der Waals surface area contributed by atoms with E-state index in [-0.39, 0.29) is 0 Å². The Kier molecular flexibility index (Phi) is 3.55. The minimum Gasteiger partial charge on any atom is -0.399 e. The van der Waals surface area contributed by atoms with Crippen molar-refractivity contribution >= 4 is 21.6 Å². The minimum atomic E-state index is 0.393. The van der Waals surface area contributed by atoms with Crippen LogP contribution in [0.3, 0.4) is 0 Å². The van der Waals surface area contributed by atoms with Gasteiger partial charge >= 0.3 is 0 Å². The van der Waals surface area contributed by atoms with E-state index in [9.17, 15) is 0 Å². The fourth-order valence-electron chi connectivity index (χ4n) is 2.27. The summed E-state index contributed by atoms with van der Waals surface area (Å²) in [7, 11) is 0. The fourth-order valence-corrected chi connectivity index (χ4v) is 2.66. The lowest BCUT2D eigenvalue weighted by Crippen LogP contribution is -2.49. The molecule has 0 amide bonds. The molecule has 0 saturated heterocycles. The number of nitrogens with one attached hydrogen (secondary N) is 1. The van der Waals surface area contributed by atoms with Gasteiger partial charge in [-0.05, 0) is 49.4 Å². The van der Waals surface area contributed by atoms with E-state index in [0.717, 1.165) is 16.7 Å². The van der Waals surface area contributed by atoms with Crippen molar-refractivity contribution in [3.05, 3.63) is 28.2 Å². The largest absolute Gasteiger partial charge is 0.399 e. The number of benzene rings is 1. The van der Waals surface area contributed by atoms with Crippen LogP contribution in [0.5, 0.6) is 0 Å². The fraction of sp³-hybridized carbons (Fsp3) is 0.538. The molecular weight excluding hydrogens is 264 g/mol. The number of nitrogen functional groups attached to an aromatic ring is 1. The molecule has 0 atom stereocenters. The van der Waals surface area contributed by atoms with Crippen molar-refractivity contribution in [1.29, 1.82) is 0 Å². The van der Waals surface area contributed by atoms with Crippen LogP contribution in [-0.2, 0) is 6.54 Å². The molecule has 1 aromatic rings. The molecule has 1 aromatic carbocycles. The van der Waals surface area contributed by atoms with Crippen molar-refractivity contribution in [2.45, 2.75) is 44.7 Å². The molecule has 16 heavy (non-hydrogen) atoms. The van der Waals surface area contributed by atoms with Gasteiger partial charge < -0.3 is 11.1 Å². The van der Waals surface area contributed by atoms with Crippen LogP contribution < -0.4 is 11.1 Å². The second-order valence-corrected chi connectivity index (χ2v) is 5.55. The van der Waals surface area contributed by atoms with Gasteiger partial charge in [-0.1, -0.05) is 22.9 Å². The smallest absolute Gasteiger partial charge is 0.0318 e. The molecule has 2 nitrogen and oxygen atoms in total. The van der Waals surface area contributed by atoms with Gasteiger partial charge in [-0.3, -0.25) is 0 Å². The van der Waals surface area contributed by atoms with Crippen molar-refractivity contribution in [1.82, 2.24) is 5.32 Å². The zero-order chi connectivity index (χ0) is 11.6. The van der Waals surface area contributed by atoms with Gasteiger partial charge in [0.1, 0.15) is 0 Å². The van der Waals surface area contributed by atoms with Crippen molar-refractivity contribution in [3.63, 3.8) is 0 Å². The SMILES string of the molecule is CCC1(NCc2cc(N)ccc2Br)CCC1. The average Bonchev–Trinajstić information content (AvgIpc) is 2.22. The molecular formula is C13H19BrN2. The average molecular weight is 283 g/mol. The van der Waals surface area contributed by atoms with Crippen LogP contribution in [-0.4, -0.2) is 5.54 Å². The summed E-state index contributed by atoms with van der Waals surface area (Å²) in [6, 6.07) is 5.98. The molecule has 1 aliphatic rings. The van der Waals surface area contributed by atoms with Crippen LogP contribution in [0, 0.1) is 0 Å². The normalized spacial score (nSPS) is 18.1. The molecule has 1 fully saturated rings. The second-order valence-electron chi connectivity index (χ2n) is 4.69. The molecule has 0 radical (unpaired) electrons. The quantitative estimate of drug-likeness (QED) is 0.830. The zero-order valence-corrected chi connectivity index (χ0v) is 11.3. The highest BCUT2D eigenvalue weighted by Gasteiger charge is 2.34. The van der Waals surface area contributed by atoms with Gasteiger partial charge in [-0.15, -0.1) is 0 Å². The highest BCUT2D eigenvalue weighted by atomic mass is 79.9. The maximum absolute atomic E-state index is 5.80. The van der Waals surface area contributed by atoms with Gasteiger partial charge in [0.05, 0.1) is 0 Å². The number of anilines is 1. The van der Waals surface area contributed by atoms with Crippen LogP contribution in [0.25, 0.3) is 0 Å². The topological polar surface area (TPSA) is 38.0 Å². The molecule has 2 rings (SSSR count). The maximum atomic E-state index is 5.80. The maximum Gasteiger partial charge on any atom is 0.0318 e. The van der Waals surface area contributed by atoms with Crippen molar-refractivity contribution in [2.75, 3.05) is 5.73 Å². The van der Waals surface area contributed by atoms with Crippen LogP contribution in [0.2, 0.25) is 0 Å². The van der Waals surface area contributed by atoms with E-state index in [4.69, 9.17) is 5.73 Å². The van der Waals surface area contributed by atoms with E-state index in [1.807, 2.05) is 18.2 Å². The Morgan fingerprint density at radius 2 is 2.19 bits per heavy atom. The molecule has 0 aliphatic heterocycles. The summed E-state index contributed by atoms with van der Waals surface area (Å²) in [6.07, 6.45) is 5.19. The number of hydrogen-bond donors (Lipinski definition) is 2. The predicted molar refractivity (Wildman–Crippen MR) is 72.3 cm³/mol. The first-order valence-electron chi connectivity index (χ1n) is 5.94. The first kappa shape index (κ1) is 11.9. The van der Waals surface area contributed by atoms with Gasteiger partial charge in [-0.25, -0.2) is 0 Å². The summed E-state index contributed by atoms with van der Waals surface area (Å²) in [5.41, 5.74) is 8.27. The van der Waals surface area contributed by atoms with Crippen LogP contribution in [0.1, 0.15) is 38.2 Å². The van der Waals surface area contributed by atoms with Gasteiger partial charge in [0.25, 0.3) is 0 Å². The van der Waals surface area contributed by atoms with Gasteiger partial charge in [0.2, 0.25) is 0 Å². The molecule has 0 aromatic heterocycles. The van der Waals surface area contributed by atoms with E-state index in [2.05, 4.69) is 28.2 Å². The van der Waals surface area contributed by atoms with Crippen molar-refractivity contribution in [3.8, 4) is 0 Å². The summed E-state index contributed by atoms with van der Waals surface area (Å²) >= 11 is 3.56. The highest BCUT2D eigenvalue weighted by molar-refractivity contribution is 9.10. The van der Waals surface area contributed by atoms with Gasteiger partial charge in [-0.2, -0.15) is 0 Å². The number of rotatable bonds is 4. The Bertz CT molecular complexity index is 367. The molecule has 0 spiro atoms. The third-order valence-electron chi connectivity index (χ3n) is 3.71. The van der Waals surface area contributed by atoms with Gasteiger partial charge in [0, 0.05) is 22.2 Å². The second kappa shape index (κ2) is 4.76. The summed E-state index contributed by atoms with van der Waals surface area (Å²) < 4.78 is 1.14. The number of hydrogen-bond acceptors (Lipinski definition) is 2. The lowest BCUT2D eigenvalue weighted by molar-refractivity contribution is 0.175. The zero-order valence-electron chi connectivity index (χ0n) is 9.72. The Balaban J connectivity index is 2.01. The Morgan fingerprint density at radius 1 is 1.44 bits per heavy atom. The molecule has 0 bridgehead atoms. The van der Waals surface area contributed by atoms with Crippen molar-refractivity contribution < 1.29 is 0 Å². The van der Waals surface area contributed by atoms with E-state index in [1.54, 1.807) is 0 Å². The lowest BCUT2D eigenvalue weighted by Gasteiger charge is -2.42. The first-order chi connectivity index (χ1) is 7.65. The van der Waals surface area contributed by atoms with Crippen molar-refractivity contribution in [2.24, 2.45) is 0 Å². The van der Waals surface area contributed by atoms with Gasteiger partial charge in [0.15, 0.2) is 0 Å². The molecule has 0 unspecified atom stereocenters. The number of halogens is 1. The lowest BCUT2D eigenvalue weighted by atomic mass is 9.75. The predicted octanol–water partition coefficient (Wildman–Crippen LogP) is 3.45. The Labute approximate surface area is 106 Å². The Morgan fingerprint density at radius 3 is 2.75 bits per heavy atom. The van der Waals surface area contributed by atoms with E-state index in [1.165, 1.54) is 31.2 Å². The van der Waals surface area contributed by atoms with Crippen LogP contribution in [0.4, 0.5) is 5.69 Å². The Hall–Kier alpha value is -0.540. The summed E-state index contributed by atoms with van der Waals surface area (Å²) in [4.78, 5) is 0. The van der Waals surface area contributed by atoms with Crippen LogP contribution in [0.15, 0.2) is 22.7 Å². The molecule has 0 heterocycles. The molecule has 3 N–H and O–H groups in total. The molecule has 3 heteroatoms. The summed E-state index contributed by atoms with van der Waals surface area (Å²) in [5.74, 6) is 0. The molecule has 1 saturated carbocycles. The van der Waals surface area contributed by atoms with E-state index in [0.29, 0.717) is 5.54 Å². The molecule has 1 aliphatic carbocycles. The van der Waals surface area contributed by atoms with E-state index < -0.39 is 0 Å². The monoisotopic (exact) mass is 282 g/mol. The third-order valence-corrected chi connectivity index (χ3v) is 4.48. The third kappa shape index (κ3) is 2.41. The standard InChI is InChI=1S/C13H19BrN2/c1-2-13(6-3-7-13)16-9-10-8-11(15)4-5-12(10)14/h4-5,8,16H,2-3,6-7,9,15H2,1H3. The summed E-state index contributed by atoms with van der Waals surface area (Å²) in [5, 5.41) is 3.68.